The zero-order chi connectivity index (χ0) is 17.3. The molecule has 4 nitrogen and oxygen atoms in total. The Morgan fingerprint density at radius 1 is 1.25 bits per heavy atom. The van der Waals surface area contributed by atoms with E-state index < -0.39 is 0 Å². The van der Waals surface area contributed by atoms with Crippen molar-refractivity contribution in [2.75, 3.05) is 12.4 Å². The van der Waals surface area contributed by atoms with Crippen LogP contribution in [0.1, 0.15) is 16.8 Å². The van der Waals surface area contributed by atoms with Crippen LogP contribution in [0.2, 0.25) is 5.02 Å². The molecule has 1 aromatic heterocycles. The van der Waals surface area contributed by atoms with E-state index in [0.29, 0.717) is 5.02 Å². The van der Waals surface area contributed by atoms with E-state index in [0.717, 1.165) is 39.2 Å². The van der Waals surface area contributed by atoms with E-state index in [2.05, 4.69) is 10.3 Å². The second-order valence-electron chi connectivity index (χ2n) is 5.78. The van der Waals surface area contributed by atoms with Crippen LogP contribution in [0, 0.1) is 13.8 Å². The number of anilines is 1. The van der Waals surface area contributed by atoms with Crippen LogP contribution in [-0.2, 0) is 11.2 Å². The third-order valence-electron chi connectivity index (χ3n) is 4.21. The monoisotopic (exact) mass is 342 g/mol. The molecule has 3 rings (SSSR count). The number of fused-ring (bicyclic) bond motifs is 1. The van der Waals surface area contributed by atoms with Gasteiger partial charge < -0.3 is 15.0 Å². The van der Waals surface area contributed by atoms with Gasteiger partial charge in [0.15, 0.2) is 0 Å². The number of hydrogen-bond acceptors (Lipinski definition) is 2. The van der Waals surface area contributed by atoms with Crippen molar-refractivity contribution in [3.05, 3.63) is 58.2 Å². The second-order valence-corrected chi connectivity index (χ2v) is 6.18. The Kier molecular flexibility index (Phi) is 4.49. The molecular weight excluding hydrogens is 324 g/mol. The van der Waals surface area contributed by atoms with Crippen molar-refractivity contribution in [1.29, 1.82) is 0 Å². The fraction of sp³-hybridized carbons (Fsp3) is 0.211. The number of aromatic nitrogens is 1. The van der Waals surface area contributed by atoms with Gasteiger partial charge >= 0.3 is 0 Å². The summed E-state index contributed by atoms with van der Waals surface area (Å²) in [7, 11) is 1.63. The van der Waals surface area contributed by atoms with E-state index in [1.807, 2.05) is 50.2 Å². The Bertz CT molecular complexity index is 915. The normalized spacial score (nSPS) is 10.8. The van der Waals surface area contributed by atoms with E-state index in [9.17, 15) is 4.79 Å². The first kappa shape index (κ1) is 16.4. The standard InChI is InChI=1S/C19H19ClN2O2/c1-11-16(20)5-4-6-17(11)22-19(23)10-14-12(2)21-18-8-7-13(24-3)9-15(14)18/h4-9,21H,10H2,1-3H3,(H,22,23). The molecule has 2 aromatic carbocycles. The minimum atomic E-state index is -0.0767. The molecule has 0 aliphatic rings. The number of halogens is 1. The maximum Gasteiger partial charge on any atom is 0.228 e. The molecule has 24 heavy (non-hydrogen) atoms. The summed E-state index contributed by atoms with van der Waals surface area (Å²) in [5.74, 6) is 0.695. The minimum absolute atomic E-state index is 0.0767. The van der Waals surface area contributed by atoms with Gasteiger partial charge in [-0.1, -0.05) is 17.7 Å². The van der Waals surface area contributed by atoms with Crippen LogP contribution < -0.4 is 10.1 Å². The highest BCUT2D eigenvalue weighted by atomic mass is 35.5. The number of aryl methyl sites for hydroxylation is 1. The highest BCUT2D eigenvalue weighted by Crippen LogP contribution is 2.28. The predicted octanol–water partition coefficient (Wildman–Crippen LogP) is 4.63. The van der Waals surface area contributed by atoms with Crippen molar-refractivity contribution >= 4 is 34.1 Å². The quantitative estimate of drug-likeness (QED) is 0.726. The molecule has 0 saturated heterocycles. The summed E-state index contributed by atoms with van der Waals surface area (Å²) in [6.45, 7) is 3.86. The summed E-state index contributed by atoms with van der Waals surface area (Å²) in [4.78, 5) is 15.8. The molecule has 0 unspecified atom stereocenters. The fourth-order valence-corrected chi connectivity index (χ4v) is 2.99. The number of H-pyrrole nitrogens is 1. The molecule has 0 aliphatic carbocycles. The van der Waals surface area contributed by atoms with Crippen LogP contribution >= 0.6 is 11.6 Å². The van der Waals surface area contributed by atoms with Crippen LogP contribution in [0.15, 0.2) is 36.4 Å². The number of methoxy groups -OCH3 is 1. The van der Waals surface area contributed by atoms with Gasteiger partial charge in [0.05, 0.1) is 13.5 Å². The van der Waals surface area contributed by atoms with Gasteiger partial charge in [0.2, 0.25) is 5.91 Å². The van der Waals surface area contributed by atoms with Gasteiger partial charge in [-0.05, 0) is 55.3 Å². The van der Waals surface area contributed by atoms with Gasteiger partial charge in [0, 0.05) is 27.3 Å². The Labute approximate surface area is 145 Å². The van der Waals surface area contributed by atoms with E-state index in [-0.39, 0.29) is 12.3 Å². The number of carbonyl (C=O) groups is 1. The van der Waals surface area contributed by atoms with Crippen LogP contribution in [0.5, 0.6) is 5.75 Å². The summed E-state index contributed by atoms with van der Waals surface area (Å²) in [5, 5.41) is 4.59. The maximum atomic E-state index is 12.5. The molecule has 1 amide bonds. The third-order valence-corrected chi connectivity index (χ3v) is 4.62. The Morgan fingerprint density at radius 2 is 2.04 bits per heavy atom. The Hall–Kier alpha value is -2.46. The molecular formula is C19H19ClN2O2. The van der Waals surface area contributed by atoms with Crippen molar-refractivity contribution in [1.82, 2.24) is 4.98 Å². The number of rotatable bonds is 4. The molecule has 3 aromatic rings. The average Bonchev–Trinajstić information content (AvgIpc) is 2.87. The van der Waals surface area contributed by atoms with Crippen molar-refractivity contribution in [2.24, 2.45) is 0 Å². The summed E-state index contributed by atoms with van der Waals surface area (Å²) in [6, 6.07) is 11.3. The SMILES string of the molecule is COc1ccc2[nH]c(C)c(CC(=O)Nc3cccc(Cl)c3C)c2c1. The number of nitrogens with one attached hydrogen (secondary N) is 2. The number of hydrogen-bond donors (Lipinski definition) is 2. The predicted molar refractivity (Wildman–Crippen MR) is 98.1 cm³/mol. The molecule has 0 spiro atoms. The summed E-state index contributed by atoms with van der Waals surface area (Å²) in [6.07, 6.45) is 0.283. The van der Waals surface area contributed by atoms with Crippen LogP contribution in [-0.4, -0.2) is 18.0 Å². The highest BCUT2D eigenvalue weighted by Gasteiger charge is 2.14. The number of benzene rings is 2. The topological polar surface area (TPSA) is 54.1 Å². The number of ether oxygens (including phenoxy) is 1. The van der Waals surface area contributed by atoms with Gasteiger partial charge in [-0.25, -0.2) is 0 Å². The zero-order valence-electron chi connectivity index (χ0n) is 13.9. The molecule has 5 heteroatoms. The zero-order valence-corrected chi connectivity index (χ0v) is 14.6. The molecule has 2 N–H and O–H groups in total. The molecule has 0 aliphatic heterocycles. The highest BCUT2D eigenvalue weighted by molar-refractivity contribution is 6.31. The largest absolute Gasteiger partial charge is 0.497 e. The molecule has 0 saturated carbocycles. The van der Waals surface area contributed by atoms with Crippen LogP contribution in [0.4, 0.5) is 5.69 Å². The van der Waals surface area contributed by atoms with Crippen molar-refractivity contribution in [3.8, 4) is 5.75 Å². The lowest BCUT2D eigenvalue weighted by molar-refractivity contribution is -0.115. The van der Waals surface area contributed by atoms with Gasteiger partial charge in [-0.2, -0.15) is 0 Å². The van der Waals surface area contributed by atoms with Crippen LogP contribution in [0.3, 0.4) is 0 Å². The Morgan fingerprint density at radius 3 is 2.79 bits per heavy atom. The van der Waals surface area contributed by atoms with Gasteiger partial charge in [0.1, 0.15) is 5.75 Å². The Balaban J connectivity index is 1.87. The smallest absolute Gasteiger partial charge is 0.228 e. The lowest BCUT2D eigenvalue weighted by atomic mass is 10.1. The third kappa shape index (κ3) is 3.10. The second kappa shape index (κ2) is 6.57. The number of carbonyl (C=O) groups excluding carboxylic acids is 1. The lowest BCUT2D eigenvalue weighted by Crippen LogP contribution is -2.15. The number of aromatic amines is 1. The lowest BCUT2D eigenvalue weighted by Gasteiger charge is -2.10. The van der Waals surface area contributed by atoms with Gasteiger partial charge in [-0.15, -0.1) is 0 Å². The first-order valence-electron chi connectivity index (χ1n) is 7.69. The van der Waals surface area contributed by atoms with Crippen LogP contribution in [0.25, 0.3) is 10.9 Å². The van der Waals surface area contributed by atoms with E-state index >= 15 is 0 Å². The van der Waals surface area contributed by atoms with Gasteiger partial charge in [0.25, 0.3) is 0 Å². The van der Waals surface area contributed by atoms with Crippen molar-refractivity contribution in [3.63, 3.8) is 0 Å². The summed E-state index contributed by atoms with van der Waals surface area (Å²) in [5.41, 5.74) is 4.56. The minimum Gasteiger partial charge on any atom is -0.497 e. The fourth-order valence-electron chi connectivity index (χ4n) is 2.81. The molecule has 124 valence electrons. The molecule has 0 atom stereocenters. The van der Waals surface area contributed by atoms with Crippen molar-refractivity contribution in [2.45, 2.75) is 20.3 Å². The van der Waals surface area contributed by atoms with E-state index in [4.69, 9.17) is 16.3 Å². The summed E-state index contributed by atoms with van der Waals surface area (Å²) < 4.78 is 5.29. The average molecular weight is 343 g/mol. The first-order valence-corrected chi connectivity index (χ1v) is 8.07. The molecule has 0 bridgehead atoms. The van der Waals surface area contributed by atoms with Gasteiger partial charge in [-0.3, -0.25) is 4.79 Å². The molecule has 1 heterocycles. The number of amides is 1. The first-order chi connectivity index (χ1) is 11.5. The van der Waals surface area contributed by atoms with E-state index in [1.54, 1.807) is 7.11 Å². The molecule has 0 radical (unpaired) electrons. The maximum absolute atomic E-state index is 12.5. The molecule has 0 fully saturated rings. The summed E-state index contributed by atoms with van der Waals surface area (Å²) >= 11 is 6.11. The van der Waals surface area contributed by atoms with E-state index in [1.165, 1.54) is 0 Å². The van der Waals surface area contributed by atoms with Crippen molar-refractivity contribution < 1.29 is 9.53 Å².